The standard InChI is InChI=1S/C16H16F3NO4S/c1-12(23-13-7-3-2-4-8-13)11-20-25(21,22)15-10-6-5-9-14(15)24-16(17,18)19/h2-10,12,20H,11H2,1H3. The Morgan fingerprint density at radius 1 is 1.04 bits per heavy atom. The number of para-hydroxylation sites is 2. The highest BCUT2D eigenvalue weighted by molar-refractivity contribution is 7.89. The van der Waals surface area contributed by atoms with Crippen molar-refractivity contribution in [3.63, 3.8) is 0 Å². The Morgan fingerprint density at radius 3 is 2.28 bits per heavy atom. The van der Waals surface area contributed by atoms with Gasteiger partial charge in [0.05, 0.1) is 0 Å². The third kappa shape index (κ3) is 5.95. The number of sulfonamides is 1. The van der Waals surface area contributed by atoms with E-state index in [9.17, 15) is 21.6 Å². The van der Waals surface area contributed by atoms with Crippen molar-refractivity contribution in [1.82, 2.24) is 4.72 Å². The van der Waals surface area contributed by atoms with E-state index in [2.05, 4.69) is 9.46 Å². The fourth-order valence-electron chi connectivity index (χ4n) is 1.96. The normalized spacial score (nSPS) is 13.3. The first kappa shape index (κ1) is 19.1. The third-order valence-corrected chi connectivity index (χ3v) is 4.47. The predicted molar refractivity (Wildman–Crippen MR) is 84.8 cm³/mol. The van der Waals surface area contributed by atoms with E-state index in [1.165, 1.54) is 12.1 Å². The number of halogens is 3. The molecule has 0 radical (unpaired) electrons. The van der Waals surface area contributed by atoms with Crippen LogP contribution < -0.4 is 14.2 Å². The van der Waals surface area contributed by atoms with Crippen LogP contribution in [0.4, 0.5) is 13.2 Å². The summed E-state index contributed by atoms with van der Waals surface area (Å²) in [4.78, 5) is -0.598. The lowest BCUT2D eigenvalue weighted by Gasteiger charge is -2.17. The molecule has 0 aliphatic rings. The minimum absolute atomic E-state index is 0.127. The summed E-state index contributed by atoms with van der Waals surface area (Å²) in [7, 11) is -4.21. The van der Waals surface area contributed by atoms with Gasteiger partial charge in [-0.25, -0.2) is 13.1 Å². The molecule has 0 fully saturated rings. The molecule has 0 aliphatic carbocycles. The van der Waals surface area contributed by atoms with Crippen molar-refractivity contribution in [3.8, 4) is 11.5 Å². The van der Waals surface area contributed by atoms with Crippen molar-refractivity contribution in [2.75, 3.05) is 6.54 Å². The lowest BCUT2D eigenvalue weighted by molar-refractivity contribution is -0.275. The van der Waals surface area contributed by atoms with E-state index in [1.54, 1.807) is 37.3 Å². The Bertz CT molecular complexity index is 795. The fraction of sp³-hybridized carbons (Fsp3) is 0.250. The molecule has 1 atom stereocenters. The molecule has 0 saturated heterocycles. The maximum absolute atomic E-state index is 12.4. The Morgan fingerprint density at radius 2 is 1.64 bits per heavy atom. The number of hydrogen-bond donors (Lipinski definition) is 1. The van der Waals surface area contributed by atoms with Crippen LogP contribution in [0.5, 0.6) is 11.5 Å². The third-order valence-electron chi connectivity index (χ3n) is 3.01. The van der Waals surface area contributed by atoms with E-state index in [0.29, 0.717) is 5.75 Å². The minimum Gasteiger partial charge on any atom is -0.489 e. The van der Waals surface area contributed by atoms with Crippen molar-refractivity contribution >= 4 is 10.0 Å². The number of rotatable bonds is 7. The summed E-state index contributed by atoms with van der Waals surface area (Å²) in [6, 6.07) is 13.3. The van der Waals surface area contributed by atoms with Gasteiger partial charge in [-0.2, -0.15) is 0 Å². The van der Waals surface area contributed by atoms with Crippen LogP contribution in [0.1, 0.15) is 6.92 Å². The highest BCUT2D eigenvalue weighted by Crippen LogP contribution is 2.29. The topological polar surface area (TPSA) is 64.6 Å². The van der Waals surface area contributed by atoms with Crippen molar-refractivity contribution in [3.05, 3.63) is 54.6 Å². The van der Waals surface area contributed by atoms with Gasteiger partial charge in [-0.15, -0.1) is 13.2 Å². The van der Waals surface area contributed by atoms with Gasteiger partial charge in [0.25, 0.3) is 0 Å². The summed E-state index contributed by atoms with van der Waals surface area (Å²) in [5.74, 6) is -0.242. The highest BCUT2D eigenvalue weighted by atomic mass is 32.2. The molecule has 9 heteroatoms. The molecular formula is C16H16F3NO4S. The lowest BCUT2D eigenvalue weighted by Crippen LogP contribution is -2.34. The van der Waals surface area contributed by atoms with Gasteiger partial charge >= 0.3 is 6.36 Å². The molecule has 0 saturated carbocycles. The zero-order valence-electron chi connectivity index (χ0n) is 13.2. The summed E-state index contributed by atoms with van der Waals surface area (Å²) < 4.78 is 73.3. The van der Waals surface area contributed by atoms with E-state index in [0.717, 1.165) is 12.1 Å². The van der Waals surface area contributed by atoms with Gasteiger partial charge in [-0.3, -0.25) is 0 Å². The van der Waals surface area contributed by atoms with E-state index < -0.39 is 33.1 Å². The first-order valence-corrected chi connectivity index (χ1v) is 8.72. The van der Waals surface area contributed by atoms with Crippen molar-refractivity contribution < 1.29 is 31.1 Å². The van der Waals surface area contributed by atoms with Gasteiger partial charge in [-0.05, 0) is 31.2 Å². The van der Waals surface area contributed by atoms with Crippen LogP contribution in [-0.4, -0.2) is 27.4 Å². The Kier molecular flexibility index (Phi) is 5.91. The van der Waals surface area contributed by atoms with Crippen molar-refractivity contribution in [2.45, 2.75) is 24.3 Å². The molecule has 2 aromatic rings. The Labute approximate surface area is 143 Å². The van der Waals surface area contributed by atoms with E-state index in [-0.39, 0.29) is 6.54 Å². The smallest absolute Gasteiger partial charge is 0.489 e. The van der Waals surface area contributed by atoms with Crippen LogP contribution in [0.15, 0.2) is 59.5 Å². The lowest BCUT2D eigenvalue weighted by atomic mass is 10.3. The molecule has 0 aliphatic heterocycles. The molecule has 5 nitrogen and oxygen atoms in total. The van der Waals surface area contributed by atoms with Gasteiger partial charge in [0, 0.05) is 6.54 Å². The predicted octanol–water partition coefficient (Wildman–Crippen LogP) is 3.33. The number of hydrogen-bond acceptors (Lipinski definition) is 4. The first-order chi connectivity index (χ1) is 11.7. The zero-order valence-corrected chi connectivity index (χ0v) is 14.0. The van der Waals surface area contributed by atoms with Crippen LogP contribution in [0.25, 0.3) is 0 Å². The maximum Gasteiger partial charge on any atom is 0.573 e. The summed E-state index contributed by atoms with van der Waals surface area (Å²) in [5.41, 5.74) is 0. The Balaban J connectivity index is 2.07. The van der Waals surface area contributed by atoms with E-state index in [4.69, 9.17) is 4.74 Å². The number of benzene rings is 2. The molecule has 0 spiro atoms. The summed E-state index contributed by atoms with van der Waals surface area (Å²) in [6.07, 6.45) is -5.53. The van der Waals surface area contributed by atoms with Gasteiger partial charge in [-0.1, -0.05) is 30.3 Å². The van der Waals surface area contributed by atoms with Crippen LogP contribution in [0, 0.1) is 0 Å². The molecule has 0 heterocycles. The average Bonchev–Trinajstić information content (AvgIpc) is 2.53. The maximum atomic E-state index is 12.4. The molecule has 25 heavy (non-hydrogen) atoms. The SMILES string of the molecule is CC(CNS(=O)(=O)c1ccccc1OC(F)(F)F)Oc1ccccc1. The second kappa shape index (κ2) is 7.75. The summed E-state index contributed by atoms with van der Waals surface area (Å²) in [5, 5.41) is 0. The second-order valence-corrected chi connectivity index (χ2v) is 6.82. The molecule has 0 amide bonds. The van der Waals surface area contributed by atoms with Crippen LogP contribution in [-0.2, 0) is 10.0 Å². The van der Waals surface area contributed by atoms with E-state index >= 15 is 0 Å². The second-order valence-electron chi connectivity index (χ2n) is 5.09. The number of nitrogens with one attached hydrogen (secondary N) is 1. The summed E-state index contributed by atoms with van der Waals surface area (Å²) >= 11 is 0. The molecule has 1 N–H and O–H groups in total. The molecule has 0 aromatic heterocycles. The van der Waals surface area contributed by atoms with Crippen LogP contribution in [0.2, 0.25) is 0 Å². The molecular weight excluding hydrogens is 359 g/mol. The molecule has 2 aromatic carbocycles. The van der Waals surface area contributed by atoms with Crippen molar-refractivity contribution in [1.29, 1.82) is 0 Å². The number of alkyl halides is 3. The van der Waals surface area contributed by atoms with E-state index in [1.807, 2.05) is 0 Å². The van der Waals surface area contributed by atoms with Crippen LogP contribution in [0.3, 0.4) is 0 Å². The quantitative estimate of drug-likeness (QED) is 0.806. The monoisotopic (exact) mass is 375 g/mol. The fourth-order valence-corrected chi connectivity index (χ4v) is 3.20. The molecule has 0 bridgehead atoms. The molecule has 2 rings (SSSR count). The van der Waals surface area contributed by atoms with Gasteiger partial charge < -0.3 is 9.47 Å². The van der Waals surface area contributed by atoms with Gasteiger partial charge in [0.2, 0.25) is 10.0 Å². The average molecular weight is 375 g/mol. The largest absolute Gasteiger partial charge is 0.573 e. The minimum atomic E-state index is -4.99. The zero-order chi connectivity index (χ0) is 18.5. The summed E-state index contributed by atoms with van der Waals surface area (Å²) in [6.45, 7) is 1.51. The highest BCUT2D eigenvalue weighted by Gasteiger charge is 2.34. The Hall–Kier alpha value is -2.26. The number of ether oxygens (including phenoxy) is 2. The molecule has 136 valence electrons. The van der Waals surface area contributed by atoms with Crippen LogP contribution >= 0.6 is 0 Å². The van der Waals surface area contributed by atoms with Gasteiger partial charge in [0.15, 0.2) is 0 Å². The van der Waals surface area contributed by atoms with Gasteiger partial charge in [0.1, 0.15) is 22.5 Å². The van der Waals surface area contributed by atoms with Crippen molar-refractivity contribution in [2.24, 2.45) is 0 Å². The first-order valence-electron chi connectivity index (χ1n) is 7.23. The molecule has 1 unspecified atom stereocenters.